The van der Waals surface area contributed by atoms with Crippen molar-refractivity contribution in [1.82, 2.24) is 5.32 Å². The van der Waals surface area contributed by atoms with Crippen molar-refractivity contribution >= 4 is 11.9 Å². The molecule has 0 unspecified atom stereocenters. The lowest BCUT2D eigenvalue weighted by molar-refractivity contribution is -0.137. The first-order chi connectivity index (χ1) is 14.9. The van der Waals surface area contributed by atoms with Crippen molar-refractivity contribution in [2.75, 3.05) is 6.54 Å². The number of carbonyl (C=O) groups is 2. The molecule has 0 fully saturated rings. The number of hydrogen-bond acceptors (Lipinski definition) is 3. The summed E-state index contributed by atoms with van der Waals surface area (Å²) in [5.41, 5.74) is 0.0320. The van der Waals surface area contributed by atoms with Gasteiger partial charge in [0.05, 0.1) is 5.56 Å². The van der Waals surface area contributed by atoms with Crippen LogP contribution in [0.5, 0.6) is 0 Å². The average Bonchev–Trinajstić information content (AvgIpc) is 2.75. The number of halogens is 3. The van der Waals surface area contributed by atoms with Crippen LogP contribution in [0.3, 0.4) is 0 Å². The van der Waals surface area contributed by atoms with Gasteiger partial charge >= 0.3 is 12.3 Å². The molecule has 0 aromatic heterocycles. The van der Waals surface area contributed by atoms with Crippen LogP contribution in [-0.4, -0.2) is 18.4 Å². The normalized spacial score (nSPS) is 10.7. The average molecular weight is 431 g/mol. The maximum Gasteiger partial charge on any atom is 0.417 e. The summed E-state index contributed by atoms with van der Waals surface area (Å²) in [6.45, 7) is 0.592. The molecule has 1 amide bonds. The highest BCUT2D eigenvalue weighted by Gasteiger charge is 2.32. The zero-order chi connectivity index (χ0) is 22.5. The number of ether oxygens (including phenoxy) is 1. The Morgan fingerprint density at radius 2 is 1.65 bits per heavy atom. The molecule has 31 heavy (non-hydrogen) atoms. The van der Waals surface area contributed by atoms with Gasteiger partial charge in [-0.3, -0.25) is 4.79 Å². The molecular formula is C24H24F3NO3. The third kappa shape index (κ3) is 9.39. The number of alkyl halides is 3. The van der Waals surface area contributed by atoms with Crippen molar-refractivity contribution < 1.29 is 27.5 Å². The van der Waals surface area contributed by atoms with Gasteiger partial charge in [0.2, 0.25) is 0 Å². The van der Waals surface area contributed by atoms with Gasteiger partial charge in [0.15, 0.2) is 0 Å². The third-order valence-corrected chi connectivity index (χ3v) is 4.35. The minimum Gasteiger partial charge on any atom is -0.445 e. The zero-order valence-electron chi connectivity index (χ0n) is 17.0. The molecule has 2 rings (SSSR count). The second-order valence-corrected chi connectivity index (χ2v) is 6.83. The summed E-state index contributed by atoms with van der Waals surface area (Å²) in [7, 11) is 0. The molecule has 0 heterocycles. The van der Waals surface area contributed by atoms with Gasteiger partial charge in [-0.1, -0.05) is 54.3 Å². The van der Waals surface area contributed by atoms with Crippen molar-refractivity contribution in [3.8, 4) is 11.8 Å². The lowest BCUT2D eigenvalue weighted by Crippen LogP contribution is -2.25. The molecule has 0 saturated carbocycles. The summed E-state index contributed by atoms with van der Waals surface area (Å²) in [5.74, 6) is 5.14. The Kier molecular flexibility index (Phi) is 9.63. The molecule has 164 valence electrons. The number of alkyl carbamates (subject to hydrolysis) is 1. The van der Waals surface area contributed by atoms with Crippen LogP contribution < -0.4 is 5.32 Å². The molecule has 7 heteroatoms. The number of rotatable bonds is 9. The molecule has 0 radical (unpaired) electrons. The summed E-state index contributed by atoms with van der Waals surface area (Å²) in [5, 5.41) is 2.63. The summed E-state index contributed by atoms with van der Waals surface area (Å²) in [4.78, 5) is 23.5. The third-order valence-electron chi connectivity index (χ3n) is 4.35. The zero-order valence-corrected chi connectivity index (χ0v) is 17.0. The van der Waals surface area contributed by atoms with E-state index in [1.54, 1.807) is 0 Å². The highest BCUT2D eigenvalue weighted by Crippen LogP contribution is 2.31. The second-order valence-electron chi connectivity index (χ2n) is 6.83. The van der Waals surface area contributed by atoms with Gasteiger partial charge in [-0.2, -0.15) is 13.2 Å². The molecule has 4 nitrogen and oxygen atoms in total. The van der Waals surface area contributed by atoms with Crippen molar-refractivity contribution in [3.05, 3.63) is 71.3 Å². The van der Waals surface area contributed by atoms with Gasteiger partial charge in [-0.25, -0.2) is 4.79 Å². The predicted molar refractivity (Wildman–Crippen MR) is 111 cm³/mol. The second kappa shape index (κ2) is 12.4. The molecule has 0 aliphatic rings. The van der Waals surface area contributed by atoms with Gasteiger partial charge in [-0.15, -0.1) is 0 Å². The van der Waals surface area contributed by atoms with Crippen molar-refractivity contribution in [2.45, 2.75) is 44.9 Å². The van der Waals surface area contributed by atoms with E-state index in [0.717, 1.165) is 11.6 Å². The van der Waals surface area contributed by atoms with E-state index in [0.29, 0.717) is 25.8 Å². The molecular weight excluding hydrogens is 407 g/mol. The van der Waals surface area contributed by atoms with Crippen molar-refractivity contribution in [3.63, 3.8) is 0 Å². The van der Waals surface area contributed by atoms with Crippen molar-refractivity contribution in [1.29, 1.82) is 0 Å². The van der Waals surface area contributed by atoms with E-state index >= 15 is 0 Å². The number of unbranched alkanes of at least 4 members (excludes halogenated alkanes) is 1. The molecule has 0 aliphatic carbocycles. The van der Waals surface area contributed by atoms with Gasteiger partial charge < -0.3 is 10.1 Å². The minimum absolute atomic E-state index is 0.00920. The van der Waals surface area contributed by atoms with Crippen LogP contribution in [-0.2, 0) is 22.3 Å². The fourth-order valence-electron chi connectivity index (χ4n) is 2.74. The van der Waals surface area contributed by atoms with Crippen LogP contribution in [0.1, 0.15) is 48.8 Å². The highest BCUT2D eigenvalue weighted by atomic mass is 19.4. The first-order valence-electron chi connectivity index (χ1n) is 9.97. The fourth-order valence-corrected chi connectivity index (χ4v) is 2.74. The number of hydrogen-bond donors (Lipinski definition) is 1. The molecule has 1 N–H and O–H groups in total. The number of carbonyl (C=O) groups excluding carboxylic acids is 2. The Morgan fingerprint density at radius 3 is 2.39 bits per heavy atom. The number of benzene rings is 2. The van der Waals surface area contributed by atoms with E-state index in [1.807, 2.05) is 30.3 Å². The standard InChI is InChI=1S/C24H24F3NO3/c25-24(26,27)22-16-7-5-13-20(22)12-4-6-14-21(29)15-8-9-17-28-23(30)31-18-19-10-2-1-3-11-19/h1-3,5,7,10-11,13,16H,6,8-9,14-15,17-18H2,(H,28,30). The number of amides is 1. The predicted octanol–water partition coefficient (Wildman–Crippen LogP) is 5.50. The molecule has 0 bridgehead atoms. The minimum atomic E-state index is -4.46. The first-order valence-corrected chi connectivity index (χ1v) is 9.97. The summed E-state index contributed by atoms with van der Waals surface area (Å²) >= 11 is 0. The molecule has 2 aromatic carbocycles. The topological polar surface area (TPSA) is 55.4 Å². The quantitative estimate of drug-likeness (QED) is 0.421. The van der Waals surface area contributed by atoms with Crippen LogP contribution in [0.25, 0.3) is 0 Å². The monoisotopic (exact) mass is 431 g/mol. The van der Waals surface area contributed by atoms with Gasteiger partial charge in [-0.05, 0) is 30.5 Å². The van der Waals surface area contributed by atoms with Gasteiger partial charge in [0, 0.05) is 31.4 Å². The van der Waals surface area contributed by atoms with Gasteiger partial charge in [0.1, 0.15) is 12.4 Å². The summed E-state index contributed by atoms with van der Waals surface area (Å²) in [6, 6.07) is 14.4. The molecule has 2 aromatic rings. The molecule has 0 atom stereocenters. The number of nitrogens with one attached hydrogen (secondary N) is 1. The Labute approximate surface area is 179 Å². The molecule has 0 spiro atoms. The Morgan fingerprint density at radius 1 is 0.935 bits per heavy atom. The highest BCUT2D eigenvalue weighted by molar-refractivity contribution is 5.78. The smallest absolute Gasteiger partial charge is 0.417 e. The van der Waals surface area contributed by atoms with Crippen molar-refractivity contribution in [2.24, 2.45) is 0 Å². The van der Waals surface area contributed by atoms with Crippen LogP contribution in [0.2, 0.25) is 0 Å². The van der Waals surface area contributed by atoms with Crippen LogP contribution in [0.4, 0.5) is 18.0 Å². The number of ketones is 1. The summed E-state index contributed by atoms with van der Waals surface area (Å²) < 4.78 is 43.8. The van der Waals surface area contributed by atoms with Crippen LogP contribution in [0.15, 0.2) is 54.6 Å². The molecule has 0 saturated heterocycles. The van der Waals surface area contributed by atoms with E-state index < -0.39 is 17.8 Å². The Balaban J connectivity index is 1.58. The van der Waals surface area contributed by atoms with Crippen LogP contribution in [0, 0.1) is 11.8 Å². The van der Waals surface area contributed by atoms with E-state index in [2.05, 4.69) is 17.2 Å². The first kappa shape index (κ1) is 24.0. The summed E-state index contributed by atoms with van der Waals surface area (Å²) in [6.07, 6.45) is -3.02. The SMILES string of the molecule is O=C(CCC#Cc1ccccc1C(F)(F)F)CCCCNC(=O)OCc1ccccc1. The van der Waals surface area contributed by atoms with E-state index in [4.69, 9.17) is 4.74 Å². The maximum absolute atomic E-state index is 12.9. The maximum atomic E-state index is 12.9. The lowest BCUT2D eigenvalue weighted by Gasteiger charge is -2.08. The number of Topliss-reactive ketones (excluding diaryl/α,β-unsaturated/α-hetero) is 1. The molecule has 0 aliphatic heterocycles. The van der Waals surface area contributed by atoms with E-state index in [1.165, 1.54) is 18.2 Å². The Hall–Kier alpha value is -3.27. The van der Waals surface area contributed by atoms with E-state index in [-0.39, 0.29) is 30.8 Å². The largest absolute Gasteiger partial charge is 0.445 e. The Bertz CT molecular complexity index is 915. The lowest BCUT2D eigenvalue weighted by atomic mass is 10.1. The van der Waals surface area contributed by atoms with Gasteiger partial charge in [0.25, 0.3) is 0 Å². The van der Waals surface area contributed by atoms with E-state index in [9.17, 15) is 22.8 Å². The van der Waals surface area contributed by atoms with Crippen LogP contribution >= 0.6 is 0 Å². The fraction of sp³-hybridized carbons (Fsp3) is 0.333.